The van der Waals surface area contributed by atoms with Crippen LogP contribution in [0.25, 0.3) is 0 Å². The number of aryl methyl sites for hydroxylation is 2. The van der Waals surface area contributed by atoms with Gasteiger partial charge < -0.3 is 10.1 Å². The van der Waals surface area contributed by atoms with Crippen LogP contribution in [-0.4, -0.2) is 32.5 Å². The highest BCUT2D eigenvalue weighted by Gasteiger charge is 2.21. The van der Waals surface area contributed by atoms with E-state index in [4.69, 9.17) is 5.11 Å². The van der Waals surface area contributed by atoms with E-state index in [0.717, 1.165) is 23.0 Å². The molecule has 2 rings (SSSR count). The first-order valence-electron chi connectivity index (χ1n) is 5.51. The number of aromatic amines is 1. The van der Waals surface area contributed by atoms with Gasteiger partial charge in [0.25, 0.3) is 0 Å². The number of hydrogen-bond donors (Lipinski definition) is 2. The van der Waals surface area contributed by atoms with Crippen LogP contribution in [0.2, 0.25) is 0 Å². The molecule has 0 aromatic carbocycles. The Morgan fingerprint density at radius 2 is 2.50 bits per heavy atom. The Labute approximate surface area is 98.9 Å². The molecule has 0 radical (unpaired) electrons. The Kier molecular flexibility index (Phi) is 3.53. The summed E-state index contributed by atoms with van der Waals surface area (Å²) in [4.78, 5) is 18.3. The molecule has 16 heavy (non-hydrogen) atoms. The second-order valence-corrected chi connectivity index (χ2v) is 5.30. The highest BCUT2D eigenvalue weighted by Crippen LogP contribution is 2.31. The second-order valence-electron chi connectivity index (χ2n) is 4.15. The molecular formula is C11H16N2O2S. The van der Waals surface area contributed by atoms with Crippen LogP contribution in [0.4, 0.5) is 0 Å². The number of carboxylic acid groups (broad SMARTS) is 1. The number of hydrogen-bond acceptors (Lipinski definition) is 3. The van der Waals surface area contributed by atoms with Crippen LogP contribution in [0.5, 0.6) is 0 Å². The third-order valence-electron chi connectivity index (χ3n) is 2.90. The van der Waals surface area contributed by atoms with E-state index in [1.165, 1.54) is 12.2 Å². The van der Waals surface area contributed by atoms with Gasteiger partial charge in [0.15, 0.2) is 0 Å². The fraction of sp³-hybridized carbons (Fsp3) is 0.636. The van der Waals surface area contributed by atoms with E-state index in [-0.39, 0.29) is 6.42 Å². The smallest absolute Gasteiger partial charge is 0.303 e. The van der Waals surface area contributed by atoms with Gasteiger partial charge in [-0.05, 0) is 19.1 Å². The topological polar surface area (TPSA) is 66.0 Å². The molecule has 1 fully saturated rings. The Hall–Kier alpha value is -0.970. The minimum atomic E-state index is -0.764. The van der Waals surface area contributed by atoms with E-state index < -0.39 is 5.97 Å². The van der Waals surface area contributed by atoms with Gasteiger partial charge >= 0.3 is 5.97 Å². The van der Waals surface area contributed by atoms with Crippen LogP contribution in [0.1, 0.15) is 36.0 Å². The summed E-state index contributed by atoms with van der Waals surface area (Å²) in [5, 5.41) is 8.64. The van der Waals surface area contributed by atoms with Gasteiger partial charge in [0.1, 0.15) is 5.82 Å². The molecule has 0 saturated carbocycles. The van der Waals surface area contributed by atoms with Gasteiger partial charge in [0, 0.05) is 23.8 Å². The lowest BCUT2D eigenvalue weighted by atomic mass is 10.1. The number of carboxylic acids is 1. The van der Waals surface area contributed by atoms with Gasteiger partial charge in [-0.2, -0.15) is 11.8 Å². The number of imidazole rings is 1. The number of H-pyrrole nitrogens is 1. The van der Waals surface area contributed by atoms with Crippen LogP contribution >= 0.6 is 11.8 Å². The van der Waals surface area contributed by atoms with Gasteiger partial charge in [-0.1, -0.05) is 0 Å². The zero-order valence-corrected chi connectivity index (χ0v) is 10.1. The third-order valence-corrected chi connectivity index (χ3v) is 4.06. The summed E-state index contributed by atoms with van der Waals surface area (Å²) >= 11 is 1.96. The molecule has 2 heterocycles. The van der Waals surface area contributed by atoms with Crippen molar-refractivity contribution in [1.29, 1.82) is 0 Å². The van der Waals surface area contributed by atoms with Crippen molar-refractivity contribution in [2.45, 2.75) is 32.1 Å². The Morgan fingerprint density at radius 1 is 1.69 bits per heavy atom. The van der Waals surface area contributed by atoms with E-state index >= 15 is 0 Å². The van der Waals surface area contributed by atoms with Crippen LogP contribution in [0.3, 0.4) is 0 Å². The Bertz CT molecular complexity index is 383. The lowest BCUT2D eigenvalue weighted by molar-refractivity contribution is -0.136. The summed E-state index contributed by atoms with van der Waals surface area (Å²) in [5.74, 6) is 3.14. The summed E-state index contributed by atoms with van der Waals surface area (Å²) < 4.78 is 0. The second kappa shape index (κ2) is 4.91. The SMILES string of the molecule is Cc1[nH]c(C2CCSC2)nc1CCC(=O)O. The predicted molar refractivity (Wildman–Crippen MR) is 64.0 cm³/mol. The fourth-order valence-corrected chi connectivity index (χ4v) is 3.16. The van der Waals surface area contributed by atoms with Crippen molar-refractivity contribution in [3.63, 3.8) is 0 Å². The van der Waals surface area contributed by atoms with Crippen molar-refractivity contribution in [1.82, 2.24) is 9.97 Å². The zero-order chi connectivity index (χ0) is 11.5. The van der Waals surface area contributed by atoms with Gasteiger partial charge in [-0.3, -0.25) is 4.79 Å². The average molecular weight is 240 g/mol. The number of thioether (sulfide) groups is 1. The van der Waals surface area contributed by atoms with Crippen molar-refractivity contribution in [2.24, 2.45) is 0 Å². The molecule has 2 N–H and O–H groups in total. The zero-order valence-electron chi connectivity index (χ0n) is 9.32. The van der Waals surface area contributed by atoms with Gasteiger partial charge in [-0.15, -0.1) is 0 Å². The van der Waals surface area contributed by atoms with Crippen molar-refractivity contribution in [2.75, 3.05) is 11.5 Å². The number of nitrogens with zero attached hydrogens (tertiary/aromatic N) is 1. The molecule has 1 unspecified atom stereocenters. The van der Waals surface area contributed by atoms with Crippen LogP contribution < -0.4 is 0 Å². The molecule has 0 aliphatic carbocycles. The normalized spacial score (nSPS) is 20.2. The van der Waals surface area contributed by atoms with E-state index in [1.54, 1.807) is 0 Å². The molecular weight excluding hydrogens is 224 g/mol. The summed E-state index contributed by atoms with van der Waals surface area (Å²) in [6, 6.07) is 0. The average Bonchev–Trinajstić information content (AvgIpc) is 2.83. The lowest BCUT2D eigenvalue weighted by Gasteiger charge is -2.02. The quantitative estimate of drug-likeness (QED) is 0.844. The number of nitrogens with one attached hydrogen (secondary N) is 1. The molecule has 1 aliphatic heterocycles. The predicted octanol–water partition coefficient (Wildman–Crippen LogP) is 1.96. The Balaban J connectivity index is 2.05. The standard InChI is InChI=1S/C11H16N2O2S/c1-7-9(2-3-10(14)15)13-11(12-7)8-4-5-16-6-8/h8H,2-6H2,1H3,(H,12,13)(H,14,15). The van der Waals surface area contributed by atoms with E-state index in [2.05, 4.69) is 9.97 Å². The van der Waals surface area contributed by atoms with Gasteiger partial charge in [0.2, 0.25) is 0 Å². The van der Waals surface area contributed by atoms with Gasteiger partial charge in [0.05, 0.1) is 12.1 Å². The molecule has 1 aliphatic rings. The first-order valence-corrected chi connectivity index (χ1v) is 6.67. The number of carbonyl (C=O) groups is 1. The molecule has 1 atom stereocenters. The van der Waals surface area contributed by atoms with E-state index in [9.17, 15) is 4.79 Å². The van der Waals surface area contributed by atoms with E-state index in [0.29, 0.717) is 12.3 Å². The monoisotopic (exact) mass is 240 g/mol. The van der Waals surface area contributed by atoms with E-state index in [1.807, 2.05) is 18.7 Å². The molecule has 0 spiro atoms. The van der Waals surface area contributed by atoms with Crippen molar-refractivity contribution >= 4 is 17.7 Å². The molecule has 1 aromatic rings. The lowest BCUT2D eigenvalue weighted by Crippen LogP contribution is -2.00. The number of rotatable bonds is 4. The largest absolute Gasteiger partial charge is 0.481 e. The molecule has 4 nitrogen and oxygen atoms in total. The summed E-state index contributed by atoms with van der Waals surface area (Å²) in [5.41, 5.74) is 1.93. The maximum Gasteiger partial charge on any atom is 0.303 e. The molecule has 1 aromatic heterocycles. The minimum Gasteiger partial charge on any atom is -0.481 e. The van der Waals surface area contributed by atoms with Gasteiger partial charge in [-0.25, -0.2) is 4.98 Å². The number of aliphatic carboxylic acids is 1. The van der Waals surface area contributed by atoms with Crippen LogP contribution in [-0.2, 0) is 11.2 Å². The maximum absolute atomic E-state index is 10.5. The first-order chi connectivity index (χ1) is 7.66. The molecule has 0 bridgehead atoms. The highest BCUT2D eigenvalue weighted by molar-refractivity contribution is 7.99. The van der Waals surface area contributed by atoms with Crippen molar-refractivity contribution < 1.29 is 9.90 Å². The number of aromatic nitrogens is 2. The van der Waals surface area contributed by atoms with Crippen LogP contribution in [0, 0.1) is 6.92 Å². The summed E-state index contributed by atoms with van der Waals surface area (Å²) in [6.45, 7) is 1.97. The fourth-order valence-electron chi connectivity index (χ4n) is 1.93. The minimum absolute atomic E-state index is 0.157. The Morgan fingerprint density at radius 3 is 3.12 bits per heavy atom. The molecule has 88 valence electrons. The van der Waals surface area contributed by atoms with Crippen molar-refractivity contribution in [3.05, 3.63) is 17.2 Å². The summed E-state index contributed by atoms with van der Waals surface area (Å²) in [7, 11) is 0. The molecule has 5 heteroatoms. The van der Waals surface area contributed by atoms with Crippen molar-refractivity contribution in [3.8, 4) is 0 Å². The maximum atomic E-state index is 10.5. The van der Waals surface area contributed by atoms with Crippen LogP contribution in [0.15, 0.2) is 0 Å². The third kappa shape index (κ3) is 2.58. The first kappa shape index (κ1) is 11.5. The molecule has 1 saturated heterocycles. The highest BCUT2D eigenvalue weighted by atomic mass is 32.2. The summed E-state index contributed by atoms with van der Waals surface area (Å²) in [6.07, 6.45) is 1.86. The molecule has 0 amide bonds.